The lowest BCUT2D eigenvalue weighted by Crippen LogP contribution is -2.31. The third-order valence-corrected chi connectivity index (χ3v) is 6.69. The molecule has 0 spiro atoms. The second kappa shape index (κ2) is 4.44. The van der Waals surface area contributed by atoms with Crippen LogP contribution < -0.4 is 5.73 Å². The van der Waals surface area contributed by atoms with E-state index in [2.05, 4.69) is 5.10 Å². The molecule has 0 aromatic carbocycles. The summed E-state index contributed by atoms with van der Waals surface area (Å²) in [6.45, 7) is 2.54. The number of aliphatic hydroxyl groups is 1. The standard InChI is InChI=1S/C12H20N4O3S/c1-7-11(12(13)14-15(7)2)20(18,19)16-5-8-3-4-10(17)9(8)6-16/h8-10,17H,3-6H2,1-2H3,(H2,13,14). The molecule has 0 amide bonds. The van der Waals surface area contributed by atoms with Crippen LogP contribution in [0.15, 0.2) is 4.90 Å². The topological polar surface area (TPSA) is 101 Å². The molecule has 7 nitrogen and oxygen atoms in total. The SMILES string of the molecule is Cc1c(S(=O)(=O)N2CC3CCC(O)C3C2)c(N)nn1C. The van der Waals surface area contributed by atoms with E-state index in [-0.39, 0.29) is 28.7 Å². The third kappa shape index (κ3) is 1.86. The van der Waals surface area contributed by atoms with Crippen molar-refractivity contribution in [2.45, 2.75) is 30.8 Å². The summed E-state index contributed by atoms with van der Waals surface area (Å²) in [7, 11) is -1.96. The minimum absolute atomic E-state index is 0.0441. The van der Waals surface area contributed by atoms with Gasteiger partial charge >= 0.3 is 0 Å². The van der Waals surface area contributed by atoms with Gasteiger partial charge in [0, 0.05) is 26.1 Å². The van der Waals surface area contributed by atoms with Gasteiger partial charge < -0.3 is 10.8 Å². The summed E-state index contributed by atoms with van der Waals surface area (Å²) in [5.41, 5.74) is 6.29. The average molecular weight is 300 g/mol. The summed E-state index contributed by atoms with van der Waals surface area (Å²) in [6.07, 6.45) is 1.28. The van der Waals surface area contributed by atoms with E-state index in [1.54, 1.807) is 14.0 Å². The van der Waals surface area contributed by atoms with Gasteiger partial charge in [0.05, 0.1) is 11.8 Å². The van der Waals surface area contributed by atoms with E-state index in [0.717, 1.165) is 12.8 Å². The van der Waals surface area contributed by atoms with Crippen LogP contribution in [0.4, 0.5) is 5.82 Å². The zero-order valence-corrected chi connectivity index (χ0v) is 12.5. The second-order valence-electron chi connectivity index (χ2n) is 5.81. The number of anilines is 1. The molecule has 1 saturated heterocycles. The molecule has 0 bridgehead atoms. The number of sulfonamides is 1. The van der Waals surface area contributed by atoms with Gasteiger partial charge in [-0.15, -0.1) is 0 Å². The molecule has 20 heavy (non-hydrogen) atoms. The van der Waals surface area contributed by atoms with Crippen molar-refractivity contribution in [3.8, 4) is 0 Å². The minimum Gasteiger partial charge on any atom is -0.393 e. The maximum atomic E-state index is 12.7. The minimum atomic E-state index is -3.63. The molecule has 3 N–H and O–H groups in total. The van der Waals surface area contributed by atoms with E-state index in [4.69, 9.17) is 5.73 Å². The van der Waals surface area contributed by atoms with Gasteiger partial charge in [0.25, 0.3) is 0 Å². The van der Waals surface area contributed by atoms with Gasteiger partial charge in [0.2, 0.25) is 10.0 Å². The van der Waals surface area contributed by atoms with E-state index in [0.29, 0.717) is 18.8 Å². The first kappa shape index (κ1) is 13.8. The Labute approximate surface area is 118 Å². The Balaban J connectivity index is 1.94. The molecule has 1 aliphatic carbocycles. The van der Waals surface area contributed by atoms with E-state index >= 15 is 0 Å². The highest BCUT2D eigenvalue weighted by molar-refractivity contribution is 7.89. The molecule has 3 rings (SSSR count). The van der Waals surface area contributed by atoms with Crippen molar-refractivity contribution in [2.24, 2.45) is 18.9 Å². The number of hydrogen-bond donors (Lipinski definition) is 2. The van der Waals surface area contributed by atoms with Crippen molar-refractivity contribution < 1.29 is 13.5 Å². The third-order valence-electron chi connectivity index (χ3n) is 4.69. The number of aromatic nitrogens is 2. The van der Waals surface area contributed by atoms with E-state index in [1.165, 1.54) is 8.99 Å². The van der Waals surface area contributed by atoms with Crippen LogP contribution in [0.3, 0.4) is 0 Å². The van der Waals surface area contributed by atoms with Crippen molar-refractivity contribution in [1.29, 1.82) is 0 Å². The van der Waals surface area contributed by atoms with E-state index in [9.17, 15) is 13.5 Å². The Kier molecular flexibility index (Phi) is 3.07. The quantitative estimate of drug-likeness (QED) is 0.781. The second-order valence-corrected chi connectivity index (χ2v) is 7.69. The summed E-state index contributed by atoms with van der Waals surface area (Å²) in [4.78, 5) is 0.106. The molecule has 1 aromatic rings. The zero-order chi connectivity index (χ0) is 14.7. The molecule has 1 saturated carbocycles. The molecule has 1 aliphatic heterocycles. The van der Waals surface area contributed by atoms with Crippen molar-refractivity contribution in [2.75, 3.05) is 18.8 Å². The number of nitrogens with two attached hydrogens (primary N) is 1. The van der Waals surface area contributed by atoms with Gasteiger partial charge in [-0.25, -0.2) is 8.42 Å². The monoisotopic (exact) mass is 300 g/mol. The van der Waals surface area contributed by atoms with Crippen LogP contribution in [0.5, 0.6) is 0 Å². The molecule has 2 fully saturated rings. The Morgan fingerprint density at radius 3 is 2.60 bits per heavy atom. The highest BCUT2D eigenvalue weighted by atomic mass is 32.2. The maximum Gasteiger partial charge on any atom is 0.248 e. The molecular weight excluding hydrogens is 280 g/mol. The Hall–Kier alpha value is -1.12. The molecule has 112 valence electrons. The van der Waals surface area contributed by atoms with Gasteiger partial charge in [-0.3, -0.25) is 4.68 Å². The predicted molar refractivity (Wildman–Crippen MR) is 73.3 cm³/mol. The van der Waals surface area contributed by atoms with Crippen LogP contribution in [-0.4, -0.2) is 46.8 Å². The summed E-state index contributed by atoms with van der Waals surface area (Å²) in [6, 6.07) is 0. The Morgan fingerprint density at radius 1 is 1.35 bits per heavy atom. The molecule has 1 aromatic heterocycles. The molecular formula is C12H20N4O3S. The lowest BCUT2D eigenvalue weighted by molar-refractivity contribution is 0.129. The fourth-order valence-corrected chi connectivity index (χ4v) is 5.28. The summed E-state index contributed by atoms with van der Waals surface area (Å²) < 4.78 is 28.4. The smallest absolute Gasteiger partial charge is 0.248 e. The van der Waals surface area contributed by atoms with Gasteiger partial charge in [-0.1, -0.05) is 0 Å². The van der Waals surface area contributed by atoms with Crippen LogP contribution in [0, 0.1) is 18.8 Å². The first-order valence-corrected chi connectivity index (χ1v) is 8.23. The first-order chi connectivity index (χ1) is 9.32. The summed E-state index contributed by atoms with van der Waals surface area (Å²) in [5.74, 6) is 0.364. The molecule has 0 radical (unpaired) electrons. The number of fused-ring (bicyclic) bond motifs is 1. The number of hydrogen-bond acceptors (Lipinski definition) is 5. The predicted octanol–water partition coefficient (Wildman–Crippen LogP) is -0.298. The van der Waals surface area contributed by atoms with Crippen molar-refractivity contribution >= 4 is 15.8 Å². The first-order valence-electron chi connectivity index (χ1n) is 6.79. The normalized spacial score (nSPS) is 30.9. The number of aliphatic hydroxyl groups excluding tert-OH is 1. The van der Waals surface area contributed by atoms with Crippen LogP contribution >= 0.6 is 0 Å². The number of nitrogen functional groups attached to an aromatic ring is 1. The van der Waals surface area contributed by atoms with Crippen LogP contribution in [-0.2, 0) is 17.1 Å². The maximum absolute atomic E-state index is 12.7. The number of aryl methyl sites for hydroxylation is 1. The van der Waals surface area contributed by atoms with Gasteiger partial charge in [-0.2, -0.15) is 9.40 Å². The average Bonchev–Trinajstić information content (AvgIpc) is 2.98. The summed E-state index contributed by atoms with van der Waals surface area (Å²) >= 11 is 0. The van der Waals surface area contributed by atoms with E-state index in [1.807, 2.05) is 0 Å². The Morgan fingerprint density at radius 2 is 2.05 bits per heavy atom. The highest BCUT2D eigenvalue weighted by Crippen LogP contribution is 2.40. The number of rotatable bonds is 2. The summed E-state index contributed by atoms with van der Waals surface area (Å²) in [5, 5.41) is 13.9. The van der Waals surface area contributed by atoms with Crippen LogP contribution in [0.25, 0.3) is 0 Å². The van der Waals surface area contributed by atoms with Crippen molar-refractivity contribution in [3.63, 3.8) is 0 Å². The van der Waals surface area contributed by atoms with Crippen molar-refractivity contribution in [3.05, 3.63) is 5.69 Å². The van der Waals surface area contributed by atoms with Crippen LogP contribution in [0.1, 0.15) is 18.5 Å². The molecule has 3 unspecified atom stereocenters. The fourth-order valence-electron chi connectivity index (χ4n) is 3.45. The highest BCUT2D eigenvalue weighted by Gasteiger charge is 2.46. The molecule has 2 aliphatic rings. The largest absolute Gasteiger partial charge is 0.393 e. The molecule has 8 heteroatoms. The van der Waals surface area contributed by atoms with Crippen molar-refractivity contribution in [1.82, 2.24) is 14.1 Å². The Bertz CT molecular complexity index is 639. The van der Waals surface area contributed by atoms with E-state index < -0.39 is 10.0 Å². The van der Waals surface area contributed by atoms with Gasteiger partial charge in [0.15, 0.2) is 5.82 Å². The fraction of sp³-hybridized carbons (Fsp3) is 0.750. The van der Waals surface area contributed by atoms with Crippen LogP contribution in [0.2, 0.25) is 0 Å². The molecule has 3 atom stereocenters. The van der Waals surface area contributed by atoms with Gasteiger partial charge in [0.1, 0.15) is 4.90 Å². The lowest BCUT2D eigenvalue weighted by Gasteiger charge is -2.18. The molecule has 2 heterocycles. The zero-order valence-electron chi connectivity index (χ0n) is 11.7. The number of nitrogens with zero attached hydrogens (tertiary/aromatic N) is 3. The van der Waals surface area contributed by atoms with Gasteiger partial charge in [-0.05, 0) is 25.7 Å². The lowest BCUT2D eigenvalue weighted by atomic mass is 10.00.